The van der Waals surface area contributed by atoms with Crippen LogP contribution < -0.4 is 0 Å². The molecule has 0 amide bonds. The number of aromatic nitrogens is 3. The van der Waals surface area contributed by atoms with E-state index in [2.05, 4.69) is 23.9 Å². The Balaban J connectivity index is 2.15. The van der Waals surface area contributed by atoms with Gasteiger partial charge in [0.2, 0.25) is 0 Å². The van der Waals surface area contributed by atoms with E-state index in [1.54, 1.807) is 17.7 Å². The van der Waals surface area contributed by atoms with Gasteiger partial charge in [0.1, 0.15) is 23.7 Å². The number of nitrogens with zero attached hydrogens (tertiary/aromatic N) is 3. The number of hydrogen-bond donors (Lipinski definition) is 0. The zero-order valence-corrected chi connectivity index (χ0v) is 11.8. The second-order valence-electron chi connectivity index (χ2n) is 5.18. The van der Waals surface area contributed by atoms with Gasteiger partial charge in [-0.15, -0.1) is 0 Å². The van der Waals surface area contributed by atoms with Crippen molar-refractivity contribution in [1.29, 1.82) is 0 Å². The number of furan rings is 1. The molecular weight excluding hydrogens is 242 g/mol. The Morgan fingerprint density at radius 1 is 1.42 bits per heavy atom. The van der Waals surface area contributed by atoms with E-state index < -0.39 is 0 Å². The van der Waals surface area contributed by atoms with Crippen LogP contribution in [0.2, 0.25) is 0 Å². The van der Waals surface area contributed by atoms with Crippen LogP contribution in [0.25, 0.3) is 0 Å². The number of hydrogen-bond acceptors (Lipinski definition) is 4. The van der Waals surface area contributed by atoms with Crippen molar-refractivity contribution < 1.29 is 9.21 Å². The Morgan fingerprint density at radius 3 is 2.74 bits per heavy atom. The molecule has 2 aromatic rings. The molecule has 0 bridgehead atoms. The second kappa shape index (κ2) is 5.38. The van der Waals surface area contributed by atoms with Gasteiger partial charge in [0, 0.05) is 6.54 Å². The lowest BCUT2D eigenvalue weighted by molar-refractivity contribution is 0.0987. The fourth-order valence-electron chi connectivity index (χ4n) is 2.07. The van der Waals surface area contributed by atoms with Crippen LogP contribution in [0.1, 0.15) is 41.6 Å². The largest absolute Gasteiger partial charge is 0.466 e. The predicted molar refractivity (Wildman–Crippen MR) is 71.1 cm³/mol. The van der Waals surface area contributed by atoms with E-state index in [0.29, 0.717) is 23.1 Å². The molecule has 0 radical (unpaired) electrons. The molecule has 5 nitrogen and oxygen atoms in total. The van der Waals surface area contributed by atoms with Gasteiger partial charge in [0.05, 0.1) is 12.0 Å². The third kappa shape index (κ3) is 3.10. The molecule has 2 heterocycles. The van der Waals surface area contributed by atoms with Crippen molar-refractivity contribution in [2.24, 2.45) is 5.92 Å². The third-order valence-electron chi connectivity index (χ3n) is 2.89. The number of ketones is 1. The van der Waals surface area contributed by atoms with Gasteiger partial charge in [-0.3, -0.25) is 4.79 Å². The van der Waals surface area contributed by atoms with Crippen LogP contribution in [-0.2, 0) is 13.0 Å². The molecule has 0 aliphatic rings. The molecule has 2 aromatic heterocycles. The smallest absolute Gasteiger partial charge is 0.173 e. The van der Waals surface area contributed by atoms with Gasteiger partial charge < -0.3 is 4.42 Å². The molecule has 2 rings (SSSR count). The molecule has 0 N–H and O–H groups in total. The van der Waals surface area contributed by atoms with E-state index in [1.165, 1.54) is 6.33 Å². The first-order valence-electron chi connectivity index (χ1n) is 6.44. The maximum atomic E-state index is 12.2. The third-order valence-corrected chi connectivity index (χ3v) is 2.89. The Kier molecular flexibility index (Phi) is 3.83. The molecular formula is C14H19N3O2. The molecule has 0 saturated heterocycles. The summed E-state index contributed by atoms with van der Waals surface area (Å²) in [6, 6.07) is 1.78. The van der Waals surface area contributed by atoms with Crippen molar-refractivity contribution >= 4 is 5.78 Å². The standard InChI is InChI=1S/C14H19N3O2/c1-9(2)7-17-14(15-8-16-17)6-13(18)12-5-10(3)19-11(12)4/h5,8-9H,6-7H2,1-4H3. The van der Waals surface area contributed by atoms with Crippen LogP contribution in [0, 0.1) is 19.8 Å². The maximum Gasteiger partial charge on any atom is 0.173 e. The molecule has 0 saturated carbocycles. The van der Waals surface area contributed by atoms with Crippen LogP contribution in [0.5, 0.6) is 0 Å². The highest BCUT2D eigenvalue weighted by molar-refractivity contribution is 5.98. The van der Waals surface area contributed by atoms with Gasteiger partial charge >= 0.3 is 0 Å². The monoisotopic (exact) mass is 261 g/mol. The van der Waals surface area contributed by atoms with Crippen molar-refractivity contribution in [3.8, 4) is 0 Å². The van der Waals surface area contributed by atoms with Crippen molar-refractivity contribution in [3.63, 3.8) is 0 Å². The maximum absolute atomic E-state index is 12.2. The number of aryl methyl sites for hydroxylation is 2. The van der Waals surface area contributed by atoms with E-state index in [9.17, 15) is 4.79 Å². The average molecular weight is 261 g/mol. The van der Waals surface area contributed by atoms with Crippen molar-refractivity contribution in [1.82, 2.24) is 14.8 Å². The first kappa shape index (κ1) is 13.5. The average Bonchev–Trinajstić information content (AvgIpc) is 2.85. The minimum atomic E-state index is 0.0207. The lowest BCUT2D eigenvalue weighted by Crippen LogP contribution is -2.14. The SMILES string of the molecule is Cc1cc(C(=O)Cc2ncnn2CC(C)C)c(C)o1. The topological polar surface area (TPSA) is 60.9 Å². The normalized spacial score (nSPS) is 11.2. The molecule has 19 heavy (non-hydrogen) atoms. The van der Waals surface area contributed by atoms with Crippen molar-refractivity contribution in [2.45, 2.75) is 40.7 Å². The van der Waals surface area contributed by atoms with E-state index in [0.717, 1.165) is 12.3 Å². The van der Waals surface area contributed by atoms with Crippen LogP contribution in [0.3, 0.4) is 0 Å². The number of rotatable bonds is 5. The molecule has 0 unspecified atom stereocenters. The highest BCUT2D eigenvalue weighted by atomic mass is 16.3. The van der Waals surface area contributed by atoms with Crippen LogP contribution in [-0.4, -0.2) is 20.5 Å². The molecule has 0 aliphatic carbocycles. The first-order chi connectivity index (χ1) is 8.97. The molecule has 5 heteroatoms. The lowest BCUT2D eigenvalue weighted by atomic mass is 10.1. The van der Waals surface area contributed by atoms with Gasteiger partial charge in [-0.2, -0.15) is 5.10 Å². The van der Waals surface area contributed by atoms with E-state index >= 15 is 0 Å². The Hall–Kier alpha value is -1.91. The first-order valence-corrected chi connectivity index (χ1v) is 6.44. The van der Waals surface area contributed by atoms with E-state index in [-0.39, 0.29) is 12.2 Å². The molecule has 102 valence electrons. The molecule has 0 fully saturated rings. The Labute approximate surface area is 112 Å². The van der Waals surface area contributed by atoms with E-state index in [4.69, 9.17) is 4.42 Å². The minimum Gasteiger partial charge on any atom is -0.466 e. The summed E-state index contributed by atoms with van der Waals surface area (Å²) in [4.78, 5) is 16.4. The fraction of sp³-hybridized carbons (Fsp3) is 0.500. The fourth-order valence-corrected chi connectivity index (χ4v) is 2.07. The number of Topliss-reactive ketones (excluding diaryl/α,β-unsaturated/α-hetero) is 1. The van der Waals surface area contributed by atoms with E-state index in [1.807, 2.05) is 6.92 Å². The summed E-state index contributed by atoms with van der Waals surface area (Å²) in [5.74, 6) is 2.61. The van der Waals surface area contributed by atoms with Crippen molar-refractivity contribution in [3.05, 3.63) is 35.3 Å². The van der Waals surface area contributed by atoms with Gasteiger partial charge in [-0.25, -0.2) is 9.67 Å². The summed E-state index contributed by atoms with van der Waals surface area (Å²) in [6.45, 7) is 8.63. The summed E-state index contributed by atoms with van der Waals surface area (Å²) < 4.78 is 7.18. The van der Waals surface area contributed by atoms with Gasteiger partial charge in [0.15, 0.2) is 5.78 Å². The predicted octanol–water partition coefficient (Wildman–Crippen LogP) is 2.57. The quantitative estimate of drug-likeness (QED) is 0.776. The Morgan fingerprint density at radius 2 is 2.16 bits per heavy atom. The van der Waals surface area contributed by atoms with Crippen LogP contribution in [0.15, 0.2) is 16.8 Å². The van der Waals surface area contributed by atoms with Gasteiger partial charge in [-0.05, 0) is 25.8 Å². The summed E-state index contributed by atoms with van der Waals surface area (Å²) in [5, 5.41) is 4.16. The summed E-state index contributed by atoms with van der Waals surface area (Å²) >= 11 is 0. The second-order valence-corrected chi connectivity index (χ2v) is 5.18. The summed E-state index contributed by atoms with van der Waals surface area (Å²) in [7, 11) is 0. The highest BCUT2D eigenvalue weighted by Crippen LogP contribution is 2.16. The lowest BCUT2D eigenvalue weighted by Gasteiger charge is -2.07. The van der Waals surface area contributed by atoms with Crippen LogP contribution in [0.4, 0.5) is 0 Å². The zero-order valence-electron chi connectivity index (χ0n) is 11.8. The van der Waals surface area contributed by atoms with Crippen LogP contribution >= 0.6 is 0 Å². The number of carbonyl (C=O) groups is 1. The summed E-state index contributed by atoms with van der Waals surface area (Å²) in [5.41, 5.74) is 0.636. The minimum absolute atomic E-state index is 0.0207. The Bertz CT molecular complexity index is 581. The van der Waals surface area contributed by atoms with Gasteiger partial charge in [0.25, 0.3) is 0 Å². The zero-order chi connectivity index (χ0) is 14.0. The highest BCUT2D eigenvalue weighted by Gasteiger charge is 2.17. The summed E-state index contributed by atoms with van der Waals surface area (Å²) in [6.07, 6.45) is 1.75. The molecule has 0 spiro atoms. The molecule has 0 aromatic carbocycles. The van der Waals surface area contributed by atoms with Crippen molar-refractivity contribution in [2.75, 3.05) is 0 Å². The molecule has 0 atom stereocenters. The number of carbonyl (C=O) groups excluding carboxylic acids is 1. The van der Waals surface area contributed by atoms with Gasteiger partial charge in [-0.1, -0.05) is 13.8 Å². The molecule has 0 aliphatic heterocycles.